The summed E-state index contributed by atoms with van der Waals surface area (Å²) in [5.74, 6) is -0.978. The number of halogens is 3. The molecule has 0 atom stereocenters. The van der Waals surface area contributed by atoms with Crippen molar-refractivity contribution in [2.45, 2.75) is 31.0 Å². The van der Waals surface area contributed by atoms with Crippen molar-refractivity contribution < 1.29 is 31.1 Å². The highest BCUT2D eigenvalue weighted by Gasteiger charge is 2.38. The molecule has 6 nitrogen and oxygen atoms in total. The SMILES string of the molecule is Cc1ccc2c(c1)N(c1ccc(OC(F)(F)F)cc1)C=C(C(=O)N1CCCC1)S2(=O)=O. The fraction of sp³-hybridized carbons (Fsp3) is 0.286. The Morgan fingerprint density at radius 3 is 2.29 bits per heavy atom. The largest absolute Gasteiger partial charge is 0.573 e. The molecule has 2 aliphatic heterocycles. The van der Waals surface area contributed by atoms with Crippen molar-refractivity contribution in [2.24, 2.45) is 0 Å². The van der Waals surface area contributed by atoms with Crippen LogP contribution in [0.1, 0.15) is 18.4 Å². The van der Waals surface area contributed by atoms with Crippen molar-refractivity contribution in [3.63, 3.8) is 0 Å². The Morgan fingerprint density at radius 1 is 1.03 bits per heavy atom. The molecule has 0 aromatic heterocycles. The minimum Gasteiger partial charge on any atom is -0.406 e. The van der Waals surface area contributed by atoms with E-state index in [1.165, 1.54) is 34.2 Å². The number of benzene rings is 2. The molecule has 2 heterocycles. The summed E-state index contributed by atoms with van der Waals surface area (Å²) in [5, 5.41) is 0. The summed E-state index contributed by atoms with van der Waals surface area (Å²) >= 11 is 0. The van der Waals surface area contributed by atoms with Crippen LogP contribution in [0.3, 0.4) is 0 Å². The number of nitrogens with zero attached hydrogens (tertiary/aromatic N) is 2. The van der Waals surface area contributed by atoms with Crippen LogP contribution in [0.25, 0.3) is 0 Å². The number of hydrogen-bond acceptors (Lipinski definition) is 5. The summed E-state index contributed by atoms with van der Waals surface area (Å²) < 4.78 is 67.7. The molecule has 2 aromatic rings. The van der Waals surface area contributed by atoms with E-state index >= 15 is 0 Å². The third kappa shape index (κ3) is 4.12. The normalized spacial score (nSPS) is 17.9. The van der Waals surface area contributed by atoms with E-state index in [9.17, 15) is 26.4 Å². The van der Waals surface area contributed by atoms with Gasteiger partial charge < -0.3 is 14.5 Å². The quantitative estimate of drug-likeness (QED) is 0.696. The Hall–Kier alpha value is -3.01. The van der Waals surface area contributed by atoms with E-state index in [1.54, 1.807) is 19.1 Å². The van der Waals surface area contributed by atoms with Gasteiger partial charge in [0.05, 0.1) is 10.6 Å². The lowest BCUT2D eigenvalue weighted by Crippen LogP contribution is -2.35. The molecule has 0 bridgehead atoms. The van der Waals surface area contributed by atoms with Crippen molar-refractivity contribution in [1.29, 1.82) is 0 Å². The van der Waals surface area contributed by atoms with Crippen molar-refractivity contribution in [3.8, 4) is 5.75 Å². The van der Waals surface area contributed by atoms with Gasteiger partial charge in [-0.1, -0.05) is 6.07 Å². The molecule has 2 aliphatic rings. The third-order valence-corrected chi connectivity index (χ3v) is 6.94. The van der Waals surface area contributed by atoms with E-state index in [0.29, 0.717) is 24.5 Å². The maximum atomic E-state index is 13.2. The van der Waals surface area contributed by atoms with Gasteiger partial charge in [0.25, 0.3) is 5.91 Å². The van der Waals surface area contributed by atoms with Crippen molar-refractivity contribution in [2.75, 3.05) is 18.0 Å². The minimum absolute atomic E-state index is 0.0289. The molecule has 10 heteroatoms. The second-order valence-corrected chi connectivity index (χ2v) is 9.27. The fourth-order valence-corrected chi connectivity index (χ4v) is 5.21. The number of carbonyl (C=O) groups is 1. The van der Waals surface area contributed by atoms with Gasteiger partial charge in [-0.2, -0.15) is 0 Å². The molecule has 0 radical (unpaired) electrons. The lowest BCUT2D eigenvalue weighted by molar-refractivity contribution is -0.274. The first-order chi connectivity index (χ1) is 14.6. The van der Waals surface area contributed by atoms with Gasteiger partial charge in [-0.05, 0) is 61.7 Å². The minimum atomic E-state index is -4.82. The molecule has 164 valence electrons. The second kappa shape index (κ2) is 7.60. The van der Waals surface area contributed by atoms with Gasteiger partial charge in [0.1, 0.15) is 5.75 Å². The Labute approximate surface area is 177 Å². The Morgan fingerprint density at radius 2 is 1.68 bits per heavy atom. The lowest BCUT2D eigenvalue weighted by Gasteiger charge is -2.30. The van der Waals surface area contributed by atoms with E-state index in [-0.39, 0.29) is 9.80 Å². The van der Waals surface area contributed by atoms with Gasteiger partial charge in [0, 0.05) is 25.0 Å². The molecule has 0 aliphatic carbocycles. The number of alkyl halides is 3. The predicted molar refractivity (Wildman–Crippen MR) is 108 cm³/mol. The lowest BCUT2D eigenvalue weighted by atomic mass is 10.2. The second-order valence-electron chi connectivity index (χ2n) is 7.38. The van der Waals surface area contributed by atoms with E-state index in [1.807, 2.05) is 0 Å². The highest BCUT2D eigenvalue weighted by Crippen LogP contribution is 2.41. The van der Waals surface area contributed by atoms with Crippen LogP contribution < -0.4 is 9.64 Å². The summed E-state index contributed by atoms with van der Waals surface area (Å²) in [6.07, 6.45) is -1.96. The third-order valence-electron chi connectivity index (χ3n) is 5.15. The van der Waals surface area contributed by atoms with Gasteiger partial charge in [0.15, 0.2) is 4.91 Å². The topological polar surface area (TPSA) is 66.9 Å². The molecule has 0 spiro atoms. The smallest absolute Gasteiger partial charge is 0.406 e. The van der Waals surface area contributed by atoms with Gasteiger partial charge in [0.2, 0.25) is 9.84 Å². The number of rotatable bonds is 3. The van der Waals surface area contributed by atoms with Crippen LogP contribution in [0.4, 0.5) is 24.5 Å². The summed E-state index contributed by atoms with van der Waals surface area (Å²) in [4.78, 5) is 15.6. The average Bonchev–Trinajstić information content (AvgIpc) is 3.22. The Kier molecular flexibility index (Phi) is 5.20. The van der Waals surface area contributed by atoms with Crippen LogP contribution in [0.5, 0.6) is 5.75 Å². The number of sulfone groups is 1. The van der Waals surface area contributed by atoms with Crippen molar-refractivity contribution in [1.82, 2.24) is 4.90 Å². The molecule has 0 unspecified atom stereocenters. The molecule has 0 N–H and O–H groups in total. The van der Waals surface area contributed by atoms with Crippen molar-refractivity contribution >= 4 is 27.1 Å². The molecule has 0 saturated carbocycles. The first-order valence-corrected chi connectivity index (χ1v) is 11.1. The zero-order valence-corrected chi connectivity index (χ0v) is 17.3. The number of anilines is 2. The standard InChI is InChI=1S/C21H19F3N2O4S/c1-14-4-9-18-17(12-14)26(15-5-7-16(8-6-15)30-21(22,23)24)13-19(31(18,28)29)20(27)25-10-2-3-11-25/h4-9,12-13H,2-3,10-11H2,1H3. The number of carbonyl (C=O) groups excluding carboxylic acids is 1. The Balaban J connectivity index is 1.80. The van der Waals surface area contributed by atoms with Crippen LogP contribution in [0, 0.1) is 6.92 Å². The summed E-state index contributed by atoms with van der Waals surface area (Å²) in [5.41, 5.74) is 1.50. The number of ether oxygens (including phenoxy) is 1. The fourth-order valence-electron chi connectivity index (χ4n) is 3.69. The monoisotopic (exact) mass is 452 g/mol. The number of amides is 1. The number of hydrogen-bond donors (Lipinski definition) is 0. The summed E-state index contributed by atoms with van der Waals surface area (Å²) in [6.45, 7) is 2.76. The molecule has 2 aromatic carbocycles. The predicted octanol–water partition coefficient (Wildman–Crippen LogP) is 4.28. The molecule has 31 heavy (non-hydrogen) atoms. The summed E-state index contributed by atoms with van der Waals surface area (Å²) in [7, 11) is -4.05. The number of aryl methyl sites for hydroxylation is 1. The van der Waals surface area contributed by atoms with Gasteiger partial charge >= 0.3 is 6.36 Å². The van der Waals surface area contributed by atoms with E-state index in [4.69, 9.17) is 0 Å². The van der Waals surface area contributed by atoms with Crippen LogP contribution >= 0.6 is 0 Å². The van der Waals surface area contributed by atoms with E-state index in [0.717, 1.165) is 30.5 Å². The maximum Gasteiger partial charge on any atom is 0.573 e. The zero-order valence-electron chi connectivity index (χ0n) is 16.5. The maximum absolute atomic E-state index is 13.2. The molecule has 1 fully saturated rings. The molecular formula is C21H19F3N2O4S. The summed E-state index contributed by atoms with van der Waals surface area (Å²) in [6, 6.07) is 9.75. The highest BCUT2D eigenvalue weighted by molar-refractivity contribution is 7.96. The zero-order chi connectivity index (χ0) is 22.4. The van der Waals surface area contributed by atoms with Gasteiger partial charge in [-0.25, -0.2) is 8.42 Å². The average molecular weight is 452 g/mol. The number of likely N-dealkylation sites (tertiary alicyclic amines) is 1. The molecule has 1 saturated heterocycles. The van der Waals surface area contributed by atoms with Crippen LogP contribution in [0.15, 0.2) is 58.5 Å². The number of fused-ring (bicyclic) bond motifs is 1. The Bertz CT molecular complexity index is 1150. The first-order valence-electron chi connectivity index (χ1n) is 9.58. The van der Waals surface area contributed by atoms with Gasteiger partial charge in [-0.3, -0.25) is 4.79 Å². The van der Waals surface area contributed by atoms with Gasteiger partial charge in [-0.15, -0.1) is 13.2 Å². The molecule has 1 amide bonds. The van der Waals surface area contributed by atoms with E-state index in [2.05, 4.69) is 4.74 Å². The van der Waals surface area contributed by atoms with E-state index < -0.39 is 27.9 Å². The van der Waals surface area contributed by atoms with Crippen LogP contribution in [0.2, 0.25) is 0 Å². The van der Waals surface area contributed by atoms with Crippen LogP contribution in [-0.4, -0.2) is 38.7 Å². The van der Waals surface area contributed by atoms with Crippen LogP contribution in [-0.2, 0) is 14.6 Å². The first kappa shape index (κ1) is 21.2. The molecule has 4 rings (SSSR count). The molecular weight excluding hydrogens is 433 g/mol. The highest BCUT2D eigenvalue weighted by atomic mass is 32.2. The van der Waals surface area contributed by atoms with Crippen molar-refractivity contribution in [3.05, 3.63) is 59.1 Å².